The third kappa shape index (κ3) is 5.35. The van der Waals surface area contributed by atoms with Crippen molar-refractivity contribution in [1.29, 1.82) is 0 Å². The van der Waals surface area contributed by atoms with E-state index < -0.39 is 0 Å². The molecular weight excluding hydrogens is 258 g/mol. The van der Waals surface area contributed by atoms with Crippen LogP contribution in [-0.2, 0) is 6.54 Å². The van der Waals surface area contributed by atoms with E-state index in [1.165, 1.54) is 0 Å². The standard InChI is InChI=1S/C11H18BrNO2/c1-9(8-14)3-2-6-13-7-10-4-5-11(12)15-10/h4-5,9,13-14H,2-3,6-8H2,1H3. The summed E-state index contributed by atoms with van der Waals surface area (Å²) in [5.74, 6) is 1.35. The van der Waals surface area contributed by atoms with Gasteiger partial charge in [-0.2, -0.15) is 0 Å². The second-order valence-electron chi connectivity index (χ2n) is 3.81. The molecule has 0 bridgehead atoms. The Labute approximate surface area is 99.0 Å². The van der Waals surface area contributed by atoms with Gasteiger partial charge in [0.1, 0.15) is 5.76 Å². The van der Waals surface area contributed by atoms with Gasteiger partial charge in [-0.25, -0.2) is 0 Å². The number of hydrogen-bond donors (Lipinski definition) is 2. The molecule has 0 amide bonds. The van der Waals surface area contributed by atoms with Gasteiger partial charge in [0.25, 0.3) is 0 Å². The quantitative estimate of drug-likeness (QED) is 0.752. The number of rotatable bonds is 7. The van der Waals surface area contributed by atoms with Gasteiger partial charge in [0.2, 0.25) is 0 Å². The first kappa shape index (κ1) is 12.7. The van der Waals surface area contributed by atoms with Gasteiger partial charge in [0.15, 0.2) is 4.67 Å². The minimum Gasteiger partial charge on any atom is -0.453 e. The van der Waals surface area contributed by atoms with Crippen molar-refractivity contribution in [2.75, 3.05) is 13.2 Å². The van der Waals surface area contributed by atoms with E-state index in [-0.39, 0.29) is 6.61 Å². The molecule has 86 valence electrons. The van der Waals surface area contributed by atoms with Gasteiger partial charge in [-0.15, -0.1) is 0 Å². The number of hydrogen-bond acceptors (Lipinski definition) is 3. The summed E-state index contributed by atoms with van der Waals surface area (Å²) in [5.41, 5.74) is 0. The Balaban J connectivity index is 2.02. The van der Waals surface area contributed by atoms with Crippen LogP contribution in [0.1, 0.15) is 25.5 Å². The molecule has 2 N–H and O–H groups in total. The SMILES string of the molecule is CC(CO)CCCNCc1ccc(Br)o1. The molecule has 0 radical (unpaired) electrons. The highest BCUT2D eigenvalue weighted by atomic mass is 79.9. The van der Waals surface area contributed by atoms with E-state index >= 15 is 0 Å². The Hall–Kier alpha value is -0.320. The van der Waals surface area contributed by atoms with Crippen molar-refractivity contribution in [3.05, 3.63) is 22.6 Å². The lowest BCUT2D eigenvalue weighted by atomic mass is 10.1. The zero-order valence-electron chi connectivity index (χ0n) is 9.00. The van der Waals surface area contributed by atoms with Crippen LogP contribution in [0.3, 0.4) is 0 Å². The molecule has 1 aromatic rings. The molecule has 0 saturated heterocycles. The highest BCUT2D eigenvalue weighted by Gasteiger charge is 2.00. The van der Waals surface area contributed by atoms with Gasteiger partial charge in [0, 0.05) is 6.61 Å². The molecule has 3 nitrogen and oxygen atoms in total. The van der Waals surface area contributed by atoms with Gasteiger partial charge in [-0.3, -0.25) is 0 Å². The number of aliphatic hydroxyl groups excluding tert-OH is 1. The minimum atomic E-state index is 0.283. The third-order valence-electron chi connectivity index (χ3n) is 2.29. The monoisotopic (exact) mass is 275 g/mol. The number of furan rings is 1. The van der Waals surface area contributed by atoms with Crippen molar-refractivity contribution in [3.63, 3.8) is 0 Å². The van der Waals surface area contributed by atoms with Crippen LogP contribution in [0.5, 0.6) is 0 Å². The van der Waals surface area contributed by atoms with Gasteiger partial charge in [-0.1, -0.05) is 6.92 Å². The molecule has 1 aromatic heterocycles. The molecule has 1 unspecified atom stereocenters. The molecule has 0 aliphatic rings. The fourth-order valence-electron chi connectivity index (χ4n) is 1.33. The molecule has 0 aliphatic heterocycles. The maximum Gasteiger partial charge on any atom is 0.169 e. The highest BCUT2D eigenvalue weighted by molar-refractivity contribution is 9.10. The average molecular weight is 276 g/mol. The zero-order valence-corrected chi connectivity index (χ0v) is 10.6. The summed E-state index contributed by atoms with van der Waals surface area (Å²) in [6.45, 7) is 4.07. The number of nitrogens with one attached hydrogen (secondary N) is 1. The highest BCUT2D eigenvalue weighted by Crippen LogP contribution is 2.13. The van der Waals surface area contributed by atoms with Crippen LogP contribution in [0, 0.1) is 5.92 Å². The van der Waals surface area contributed by atoms with Gasteiger partial charge < -0.3 is 14.8 Å². The van der Waals surface area contributed by atoms with E-state index in [1.54, 1.807) is 0 Å². The van der Waals surface area contributed by atoms with E-state index in [4.69, 9.17) is 9.52 Å². The predicted molar refractivity (Wildman–Crippen MR) is 63.6 cm³/mol. The van der Waals surface area contributed by atoms with E-state index in [9.17, 15) is 0 Å². The maximum absolute atomic E-state index is 8.83. The molecule has 1 atom stereocenters. The molecule has 0 saturated carbocycles. The third-order valence-corrected chi connectivity index (χ3v) is 2.72. The fraction of sp³-hybridized carbons (Fsp3) is 0.636. The Morgan fingerprint density at radius 3 is 2.93 bits per heavy atom. The van der Waals surface area contributed by atoms with Crippen LogP contribution in [-0.4, -0.2) is 18.3 Å². The van der Waals surface area contributed by atoms with Crippen molar-refractivity contribution in [2.24, 2.45) is 5.92 Å². The number of halogens is 1. The van der Waals surface area contributed by atoms with Crippen molar-refractivity contribution < 1.29 is 9.52 Å². The van der Waals surface area contributed by atoms with E-state index in [0.717, 1.165) is 36.4 Å². The Morgan fingerprint density at radius 2 is 2.33 bits per heavy atom. The second kappa shape index (κ2) is 7.04. The van der Waals surface area contributed by atoms with Gasteiger partial charge in [-0.05, 0) is 53.4 Å². The summed E-state index contributed by atoms with van der Waals surface area (Å²) in [5, 5.41) is 12.1. The molecular formula is C11H18BrNO2. The molecule has 15 heavy (non-hydrogen) atoms. The van der Waals surface area contributed by atoms with Gasteiger partial charge in [0.05, 0.1) is 6.54 Å². The summed E-state index contributed by atoms with van der Waals surface area (Å²) >= 11 is 3.26. The summed E-state index contributed by atoms with van der Waals surface area (Å²) in [4.78, 5) is 0. The first-order chi connectivity index (χ1) is 7.22. The summed E-state index contributed by atoms with van der Waals surface area (Å²) in [7, 11) is 0. The Bertz CT molecular complexity index is 275. The average Bonchev–Trinajstić information content (AvgIpc) is 2.63. The Morgan fingerprint density at radius 1 is 1.53 bits per heavy atom. The summed E-state index contributed by atoms with van der Waals surface area (Å²) < 4.78 is 6.12. The first-order valence-electron chi connectivity index (χ1n) is 5.28. The van der Waals surface area contributed by atoms with Gasteiger partial charge >= 0.3 is 0 Å². The minimum absolute atomic E-state index is 0.283. The number of aliphatic hydroxyl groups is 1. The smallest absolute Gasteiger partial charge is 0.169 e. The van der Waals surface area contributed by atoms with Crippen LogP contribution < -0.4 is 5.32 Å². The molecule has 1 rings (SSSR count). The summed E-state index contributed by atoms with van der Waals surface area (Å²) in [6.07, 6.45) is 2.15. The Kier molecular flexibility index (Phi) is 5.98. The van der Waals surface area contributed by atoms with Crippen molar-refractivity contribution in [2.45, 2.75) is 26.3 Å². The molecule has 0 fully saturated rings. The maximum atomic E-state index is 8.83. The fourth-order valence-corrected chi connectivity index (χ4v) is 1.67. The van der Waals surface area contributed by atoms with E-state index in [0.29, 0.717) is 5.92 Å². The van der Waals surface area contributed by atoms with Crippen LogP contribution in [0.4, 0.5) is 0 Å². The lowest BCUT2D eigenvalue weighted by Crippen LogP contribution is -2.15. The molecule has 1 heterocycles. The molecule has 0 aromatic carbocycles. The van der Waals surface area contributed by atoms with Crippen LogP contribution in [0.15, 0.2) is 21.2 Å². The van der Waals surface area contributed by atoms with E-state index in [1.807, 2.05) is 12.1 Å². The van der Waals surface area contributed by atoms with E-state index in [2.05, 4.69) is 28.2 Å². The van der Waals surface area contributed by atoms with Crippen LogP contribution >= 0.6 is 15.9 Å². The zero-order chi connectivity index (χ0) is 11.1. The largest absolute Gasteiger partial charge is 0.453 e. The molecule has 0 aliphatic carbocycles. The van der Waals surface area contributed by atoms with Crippen molar-refractivity contribution in [1.82, 2.24) is 5.32 Å². The summed E-state index contributed by atoms with van der Waals surface area (Å²) in [6, 6.07) is 3.85. The normalized spacial score (nSPS) is 13.0. The predicted octanol–water partition coefficient (Wildman–Crippen LogP) is 2.54. The topological polar surface area (TPSA) is 45.4 Å². The lowest BCUT2D eigenvalue weighted by Gasteiger charge is -2.07. The van der Waals surface area contributed by atoms with Crippen molar-refractivity contribution >= 4 is 15.9 Å². The molecule has 0 spiro atoms. The van der Waals surface area contributed by atoms with Crippen LogP contribution in [0.2, 0.25) is 0 Å². The van der Waals surface area contributed by atoms with Crippen LogP contribution in [0.25, 0.3) is 0 Å². The van der Waals surface area contributed by atoms with Crippen molar-refractivity contribution in [3.8, 4) is 0 Å². The lowest BCUT2D eigenvalue weighted by molar-refractivity contribution is 0.228. The first-order valence-corrected chi connectivity index (χ1v) is 6.07. The molecule has 4 heteroatoms. The second-order valence-corrected chi connectivity index (χ2v) is 4.59.